The summed E-state index contributed by atoms with van der Waals surface area (Å²) in [6.45, 7) is 6.09. The third-order valence-corrected chi connectivity index (χ3v) is 2.65. The van der Waals surface area contributed by atoms with E-state index in [9.17, 15) is 9.59 Å². The molecule has 0 saturated heterocycles. The first-order valence-electron chi connectivity index (χ1n) is 5.84. The predicted octanol–water partition coefficient (Wildman–Crippen LogP) is 2.04. The molecule has 0 aromatic heterocycles. The lowest BCUT2D eigenvalue weighted by atomic mass is 10.1. The minimum atomic E-state index is -0.552. The van der Waals surface area contributed by atoms with Crippen molar-refractivity contribution in [1.82, 2.24) is 0 Å². The molecule has 4 heteroatoms. The van der Waals surface area contributed by atoms with Gasteiger partial charge in [0.25, 0.3) is 10.9 Å². The van der Waals surface area contributed by atoms with Crippen LogP contribution >= 0.6 is 0 Å². The van der Waals surface area contributed by atoms with Gasteiger partial charge in [0, 0.05) is 5.69 Å². The highest BCUT2D eigenvalue weighted by atomic mass is 16.5. The van der Waals surface area contributed by atoms with Crippen molar-refractivity contribution in [2.75, 3.05) is 11.9 Å². The Morgan fingerprint density at radius 3 is 2.22 bits per heavy atom. The van der Waals surface area contributed by atoms with Gasteiger partial charge in [0.05, 0.1) is 6.61 Å². The van der Waals surface area contributed by atoms with Gasteiger partial charge in [-0.2, -0.15) is 0 Å². The largest absolute Gasteiger partial charge is 0.488 e. The standard InChI is InChI=1S/C14H15NO3/c1-4-18-14-11(12(16)13(14)17)15-10-6-8(2)5-9(3)7-10/h5-7,15H,4H2,1-3H3. The fraction of sp³-hybridized carbons (Fsp3) is 0.286. The summed E-state index contributed by atoms with van der Waals surface area (Å²) in [4.78, 5) is 22.8. The van der Waals surface area contributed by atoms with Crippen LogP contribution in [0.15, 0.2) is 27.8 Å². The third-order valence-electron chi connectivity index (χ3n) is 2.65. The van der Waals surface area contributed by atoms with Crippen molar-refractivity contribution < 1.29 is 4.74 Å². The Kier molecular flexibility index (Phi) is 3.19. The Morgan fingerprint density at radius 2 is 1.67 bits per heavy atom. The average molecular weight is 245 g/mol. The molecule has 0 heterocycles. The van der Waals surface area contributed by atoms with E-state index in [0.29, 0.717) is 6.61 Å². The minimum Gasteiger partial charge on any atom is -0.488 e. The van der Waals surface area contributed by atoms with Crippen LogP contribution in [0.25, 0.3) is 0 Å². The Morgan fingerprint density at radius 1 is 1.06 bits per heavy atom. The Labute approximate surface area is 105 Å². The number of hydrogen-bond acceptors (Lipinski definition) is 4. The molecule has 2 rings (SSSR count). The van der Waals surface area contributed by atoms with E-state index in [4.69, 9.17) is 4.74 Å². The lowest BCUT2D eigenvalue weighted by molar-refractivity contribution is 0.335. The summed E-state index contributed by atoms with van der Waals surface area (Å²) in [6, 6.07) is 5.87. The lowest BCUT2D eigenvalue weighted by Gasteiger charge is -2.13. The van der Waals surface area contributed by atoms with Crippen LogP contribution in [-0.4, -0.2) is 6.61 Å². The highest BCUT2D eigenvalue weighted by Crippen LogP contribution is 2.24. The first-order valence-corrected chi connectivity index (χ1v) is 5.84. The molecule has 0 amide bonds. The van der Waals surface area contributed by atoms with Gasteiger partial charge in [-0.3, -0.25) is 9.59 Å². The van der Waals surface area contributed by atoms with Crippen LogP contribution in [-0.2, 0) is 0 Å². The van der Waals surface area contributed by atoms with Crippen LogP contribution in [0.3, 0.4) is 0 Å². The van der Waals surface area contributed by atoms with Crippen molar-refractivity contribution in [2.45, 2.75) is 20.8 Å². The molecule has 0 radical (unpaired) electrons. The first kappa shape index (κ1) is 12.4. The SMILES string of the molecule is CCOc1c(Nc2cc(C)cc(C)c2)c(=O)c1=O. The fourth-order valence-electron chi connectivity index (χ4n) is 1.96. The zero-order valence-electron chi connectivity index (χ0n) is 10.7. The van der Waals surface area contributed by atoms with Crippen molar-refractivity contribution in [3.63, 3.8) is 0 Å². The van der Waals surface area contributed by atoms with Crippen molar-refractivity contribution in [2.24, 2.45) is 0 Å². The van der Waals surface area contributed by atoms with Crippen LogP contribution in [0.4, 0.5) is 11.4 Å². The molecule has 0 saturated carbocycles. The summed E-state index contributed by atoms with van der Waals surface area (Å²) in [5.74, 6) is 0.140. The molecule has 18 heavy (non-hydrogen) atoms. The van der Waals surface area contributed by atoms with Gasteiger partial charge < -0.3 is 10.1 Å². The van der Waals surface area contributed by atoms with E-state index >= 15 is 0 Å². The van der Waals surface area contributed by atoms with Crippen molar-refractivity contribution in [3.8, 4) is 5.75 Å². The zero-order chi connectivity index (χ0) is 13.3. The van der Waals surface area contributed by atoms with Crippen molar-refractivity contribution >= 4 is 11.4 Å². The summed E-state index contributed by atoms with van der Waals surface area (Å²) in [5.41, 5.74) is 2.16. The molecular weight excluding hydrogens is 230 g/mol. The highest BCUT2D eigenvalue weighted by molar-refractivity contribution is 5.70. The number of ether oxygens (including phenoxy) is 1. The van der Waals surface area contributed by atoms with E-state index in [2.05, 4.69) is 5.32 Å². The number of anilines is 2. The molecule has 1 N–H and O–H groups in total. The molecule has 4 nitrogen and oxygen atoms in total. The van der Waals surface area contributed by atoms with Crippen LogP contribution in [0.2, 0.25) is 0 Å². The van der Waals surface area contributed by atoms with E-state index in [1.807, 2.05) is 32.0 Å². The predicted molar refractivity (Wildman–Crippen MR) is 71.7 cm³/mol. The second-order valence-corrected chi connectivity index (χ2v) is 4.30. The van der Waals surface area contributed by atoms with Gasteiger partial charge in [-0.25, -0.2) is 0 Å². The lowest BCUT2D eigenvalue weighted by Crippen LogP contribution is -2.35. The van der Waals surface area contributed by atoms with Gasteiger partial charge in [0.2, 0.25) is 0 Å². The molecule has 0 atom stereocenters. The van der Waals surface area contributed by atoms with Gasteiger partial charge >= 0.3 is 0 Å². The monoisotopic (exact) mass is 245 g/mol. The Balaban J connectivity index is 2.32. The van der Waals surface area contributed by atoms with E-state index in [1.54, 1.807) is 6.92 Å². The second kappa shape index (κ2) is 4.64. The zero-order valence-corrected chi connectivity index (χ0v) is 10.7. The van der Waals surface area contributed by atoms with Gasteiger partial charge in [-0.15, -0.1) is 0 Å². The number of nitrogens with one attached hydrogen (secondary N) is 1. The summed E-state index contributed by atoms with van der Waals surface area (Å²) < 4.78 is 5.15. The average Bonchev–Trinajstić information content (AvgIpc) is 2.32. The summed E-state index contributed by atoms with van der Waals surface area (Å²) >= 11 is 0. The summed E-state index contributed by atoms with van der Waals surface area (Å²) in [7, 11) is 0. The molecule has 0 bridgehead atoms. The van der Waals surface area contributed by atoms with Crippen LogP contribution in [0.1, 0.15) is 18.1 Å². The van der Waals surface area contributed by atoms with Gasteiger partial charge in [0.1, 0.15) is 5.69 Å². The molecule has 0 spiro atoms. The van der Waals surface area contributed by atoms with E-state index in [-0.39, 0.29) is 11.4 Å². The minimum absolute atomic E-state index is 0.140. The van der Waals surface area contributed by atoms with E-state index in [1.165, 1.54) is 0 Å². The summed E-state index contributed by atoms with van der Waals surface area (Å²) in [6.07, 6.45) is 0. The topological polar surface area (TPSA) is 55.4 Å². The second-order valence-electron chi connectivity index (χ2n) is 4.30. The molecule has 2 aromatic rings. The molecule has 0 aliphatic heterocycles. The quantitative estimate of drug-likeness (QED) is 0.837. The summed E-state index contributed by atoms with van der Waals surface area (Å²) in [5, 5.41) is 2.96. The van der Waals surface area contributed by atoms with Crippen LogP contribution in [0.5, 0.6) is 5.75 Å². The van der Waals surface area contributed by atoms with Gasteiger partial charge in [-0.1, -0.05) is 6.07 Å². The van der Waals surface area contributed by atoms with Crippen LogP contribution in [0, 0.1) is 13.8 Å². The maximum atomic E-state index is 11.5. The maximum absolute atomic E-state index is 11.5. The molecule has 0 unspecified atom stereocenters. The number of aryl methyl sites for hydroxylation is 2. The molecule has 0 aliphatic rings. The molecule has 2 aromatic carbocycles. The van der Waals surface area contributed by atoms with Gasteiger partial charge in [0.15, 0.2) is 5.75 Å². The molecular formula is C14H15NO3. The van der Waals surface area contributed by atoms with E-state index in [0.717, 1.165) is 16.8 Å². The Bertz CT molecular complexity index is 631. The van der Waals surface area contributed by atoms with Crippen LogP contribution < -0.4 is 20.9 Å². The van der Waals surface area contributed by atoms with Crippen molar-refractivity contribution in [1.29, 1.82) is 0 Å². The third kappa shape index (κ3) is 2.14. The smallest absolute Gasteiger partial charge is 0.272 e. The maximum Gasteiger partial charge on any atom is 0.272 e. The number of hydrogen-bond donors (Lipinski definition) is 1. The number of benzene rings is 1. The molecule has 94 valence electrons. The molecule has 0 fully saturated rings. The van der Waals surface area contributed by atoms with Crippen molar-refractivity contribution in [3.05, 3.63) is 49.8 Å². The molecule has 0 aliphatic carbocycles. The first-order chi connectivity index (χ1) is 8.52. The van der Waals surface area contributed by atoms with Gasteiger partial charge in [-0.05, 0) is 44.0 Å². The normalized spacial score (nSPS) is 10.6. The fourth-order valence-corrected chi connectivity index (χ4v) is 1.96. The van der Waals surface area contributed by atoms with E-state index < -0.39 is 10.9 Å². The number of rotatable bonds is 4. The highest BCUT2D eigenvalue weighted by Gasteiger charge is 2.22. The Hall–Kier alpha value is -2.10.